The standard InChI is InChI=1S/C16H16N4/c1-11-10-12(7-9-18-11)16(20-17)14-4-2-6-15-13(14)5-3-8-19-15/h2-10,16,20H,17H2,1H3. The predicted molar refractivity (Wildman–Crippen MR) is 79.9 cm³/mol. The lowest BCUT2D eigenvalue weighted by atomic mass is 9.96. The van der Waals surface area contributed by atoms with Crippen molar-refractivity contribution in [2.75, 3.05) is 0 Å². The molecule has 100 valence electrons. The Kier molecular flexibility index (Phi) is 3.41. The van der Waals surface area contributed by atoms with Crippen molar-refractivity contribution >= 4 is 10.9 Å². The molecule has 0 spiro atoms. The van der Waals surface area contributed by atoms with E-state index in [1.807, 2.05) is 37.3 Å². The molecule has 0 radical (unpaired) electrons. The Bertz CT molecular complexity index is 734. The highest BCUT2D eigenvalue weighted by molar-refractivity contribution is 5.82. The number of nitrogens with one attached hydrogen (secondary N) is 1. The Labute approximate surface area is 117 Å². The zero-order valence-corrected chi connectivity index (χ0v) is 11.2. The third-order valence-electron chi connectivity index (χ3n) is 3.41. The van der Waals surface area contributed by atoms with Crippen LogP contribution in [-0.4, -0.2) is 9.97 Å². The van der Waals surface area contributed by atoms with Crippen molar-refractivity contribution < 1.29 is 0 Å². The van der Waals surface area contributed by atoms with Crippen LogP contribution in [0.25, 0.3) is 10.9 Å². The minimum absolute atomic E-state index is 0.0791. The monoisotopic (exact) mass is 264 g/mol. The molecule has 3 aromatic rings. The van der Waals surface area contributed by atoms with Crippen LogP contribution < -0.4 is 11.3 Å². The maximum atomic E-state index is 5.79. The van der Waals surface area contributed by atoms with Gasteiger partial charge in [-0.25, -0.2) is 5.43 Å². The number of benzene rings is 1. The fourth-order valence-corrected chi connectivity index (χ4v) is 2.49. The second-order valence-electron chi connectivity index (χ2n) is 4.75. The number of aryl methyl sites for hydroxylation is 1. The molecule has 3 N–H and O–H groups in total. The Balaban J connectivity index is 2.17. The number of hydrazine groups is 1. The van der Waals surface area contributed by atoms with Gasteiger partial charge in [0.1, 0.15) is 0 Å². The first-order chi connectivity index (χ1) is 9.79. The molecule has 1 atom stereocenters. The van der Waals surface area contributed by atoms with Crippen molar-refractivity contribution in [3.8, 4) is 0 Å². The van der Waals surface area contributed by atoms with Gasteiger partial charge in [0.15, 0.2) is 0 Å². The Morgan fingerprint density at radius 2 is 1.95 bits per heavy atom. The van der Waals surface area contributed by atoms with Crippen molar-refractivity contribution in [2.24, 2.45) is 5.84 Å². The van der Waals surface area contributed by atoms with Crippen LogP contribution in [0, 0.1) is 6.92 Å². The molecule has 0 aliphatic carbocycles. The molecule has 0 bridgehead atoms. The summed E-state index contributed by atoms with van der Waals surface area (Å²) < 4.78 is 0. The molecular formula is C16H16N4. The lowest BCUT2D eigenvalue weighted by Gasteiger charge is -2.19. The second kappa shape index (κ2) is 5.36. The lowest BCUT2D eigenvalue weighted by molar-refractivity contribution is 0.639. The van der Waals surface area contributed by atoms with E-state index in [1.54, 1.807) is 12.4 Å². The van der Waals surface area contributed by atoms with Crippen molar-refractivity contribution in [2.45, 2.75) is 13.0 Å². The number of fused-ring (bicyclic) bond motifs is 1. The van der Waals surface area contributed by atoms with Gasteiger partial charge in [0.05, 0.1) is 11.6 Å². The van der Waals surface area contributed by atoms with E-state index >= 15 is 0 Å². The van der Waals surface area contributed by atoms with Gasteiger partial charge < -0.3 is 0 Å². The molecule has 2 heterocycles. The summed E-state index contributed by atoms with van der Waals surface area (Å²) >= 11 is 0. The number of rotatable bonds is 3. The topological polar surface area (TPSA) is 63.8 Å². The van der Waals surface area contributed by atoms with Gasteiger partial charge in [0.25, 0.3) is 0 Å². The molecule has 4 heteroatoms. The number of nitrogens with zero attached hydrogens (tertiary/aromatic N) is 2. The fraction of sp³-hybridized carbons (Fsp3) is 0.125. The SMILES string of the molecule is Cc1cc(C(NN)c2cccc3ncccc23)ccn1. The van der Waals surface area contributed by atoms with Crippen LogP contribution in [0.1, 0.15) is 22.9 Å². The van der Waals surface area contributed by atoms with E-state index in [2.05, 4.69) is 27.5 Å². The summed E-state index contributed by atoms with van der Waals surface area (Å²) in [6, 6.07) is 14.0. The molecule has 20 heavy (non-hydrogen) atoms. The molecule has 3 rings (SSSR count). The second-order valence-corrected chi connectivity index (χ2v) is 4.75. The van der Waals surface area contributed by atoms with E-state index < -0.39 is 0 Å². The number of pyridine rings is 2. The van der Waals surface area contributed by atoms with Crippen LogP contribution in [0.3, 0.4) is 0 Å². The number of hydrogen-bond acceptors (Lipinski definition) is 4. The summed E-state index contributed by atoms with van der Waals surface area (Å²) in [7, 11) is 0. The van der Waals surface area contributed by atoms with Gasteiger partial charge in [-0.2, -0.15) is 0 Å². The Hall–Kier alpha value is -2.30. The fourth-order valence-electron chi connectivity index (χ4n) is 2.49. The first-order valence-electron chi connectivity index (χ1n) is 6.52. The van der Waals surface area contributed by atoms with E-state index in [0.29, 0.717) is 0 Å². The number of hydrogen-bond donors (Lipinski definition) is 2. The molecule has 0 amide bonds. The number of aromatic nitrogens is 2. The maximum absolute atomic E-state index is 5.79. The highest BCUT2D eigenvalue weighted by Gasteiger charge is 2.15. The lowest BCUT2D eigenvalue weighted by Crippen LogP contribution is -2.29. The van der Waals surface area contributed by atoms with Gasteiger partial charge >= 0.3 is 0 Å². The van der Waals surface area contributed by atoms with Crippen molar-refractivity contribution in [1.82, 2.24) is 15.4 Å². The molecule has 2 aromatic heterocycles. The molecular weight excluding hydrogens is 248 g/mol. The third kappa shape index (κ3) is 2.27. The summed E-state index contributed by atoms with van der Waals surface area (Å²) in [6.07, 6.45) is 3.60. The average Bonchev–Trinajstić information content (AvgIpc) is 2.48. The summed E-state index contributed by atoms with van der Waals surface area (Å²) in [6.45, 7) is 1.97. The zero-order valence-electron chi connectivity index (χ0n) is 11.2. The molecule has 1 unspecified atom stereocenters. The minimum Gasteiger partial charge on any atom is -0.271 e. The van der Waals surface area contributed by atoms with Gasteiger partial charge in [-0.3, -0.25) is 15.8 Å². The van der Waals surface area contributed by atoms with Crippen molar-refractivity contribution in [1.29, 1.82) is 0 Å². The van der Waals surface area contributed by atoms with Crippen LogP contribution >= 0.6 is 0 Å². The normalized spacial score (nSPS) is 12.5. The predicted octanol–water partition coefficient (Wildman–Crippen LogP) is 2.49. The molecule has 0 aliphatic heterocycles. The van der Waals surface area contributed by atoms with E-state index in [-0.39, 0.29) is 6.04 Å². The van der Waals surface area contributed by atoms with Gasteiger partial charge in [0.2, 0.25) is 0 Å². The van der Waals surface area contributed by atoms with Crippen LogP contribution in [-0.2, 0) is 0 Å². The van der Waals surface area contributed by atoms with E-state index in [9.17, 15) is 0 Å². The van der Waals surface area contributed by atoms with Crippen molar-refractivity contribution in [3.05, 3.63) is 71.7 Å². The number of nitrogens with two attached hydrogens (primary N) is 1. The minimum atomic E-state index is -0.0791. The molecule has 0 fully saturated rings. The van der Waals surface area contributed by atoms with E-state index in [0.717, 1.165) is 27.7 Å². The molecule has 0 saturated carbocycles. The summed E-state index contributed by atoms with van der Waals surface area (Å²) in [5, 5.41) is 1.10. The maximum Gasteiger partial charge on any atom is 0.0717 e. The van der Waals surface area contributed by atoms with Crippen LogP contribution in [0.2, 0.25) is 0 Å². The van der Waals surface area contributed by atoms with Crippen molar-refractivity contribution in [3.63, 3.8) is 0 Å². The molecule has 0 saturated heterocycles. The highest BCUT2D eigenvalue weighted by Crippen LogP contribution is 2.27. The smallest absolute Gasteiger partial charge is 0.0717 e. The zero-order chi connectivity index (χ0) is 13.9. The molecule has 1 aromatic carbocycles. The third-order valence-corrected chi connectivity index (χ3v) is 3.41. The van der Waals surface area contributed by atoms with Crippen LogP contribution in [0.4, 0.5) is 0 Å². The van der Waals surface area contributed by atoms with E-state index in [1.165, 1.54) is 0 Å². The first-order valence-corrected chi connectivity index (χ1v) is 6.52. The van der Waals surface area contributed by atoms with Crippen LogP contribution in [0.5, 0.6) is 0 Å². The van der Waals surface area contributed by atoms with E-state index in [4.69, 9.17) is 5.84 Å². The first kappa shape index (κ1) is 12.7. The summed E-state index contributed by atoms with van der Waals surface area (Å²) in [4.78, 5) is 8.62. The quantitative estimate of drug-likeness (QED) is 0.563. The van der Waals surface area contributed by atoms with Gasteiger partial charge in [-0.05, 0) is 42.3 Å². The van der Waals surface area contributed by atoms with Gasteiger partial charge in [0, 0.05) is 23.5 Å². The Morgan fingerprint density at radius 1 is 1.05 bits per heavy atom. The highest BCUT2D eigenvalue weighted by atomic mass is 15.2. The summed E-state index contributed by atoms with van der Waals surface area (Å²) in [5.74, 6) is 5.79. The largest absolute Gasteiger partial charge is 0.271 e. The van der Waals surface area contributed by atoms with Crippen LogP contribution in [0.15, 0.2) is 54.9 Å². The average molecular weight is 264 g/mol. The molecule has 0 aliphatic rings. The Morgan fingerprint density at radius 3 is 2.75 bits per heavy atom. The van der Waals surface area contributed by atoms with Gasteiger partial charge in [-0.15, -0.1) is 0 Å². The summed E-state index contributed by atoms with van der Waals surface area (Å²) in [5.41, 5.74) is 7.05. The molecule has 4 nitrogen and oxygen atoms in total. The van der Waals surface area contributed by atoms with Gasteiger partial charge in [-0.1, -0.05) is 18.2 Å².